The first-order valence-electron chi connectivity index (χ1n) is 9.01. The SMILES string of the molecule is CC1CCN(c2ccc([N+](=O)[O-])cc2C(=O)NNC(=O)c2ccccn2)CC1. The van der Waals surface area contributed by atoms with Crippen LogP contribution in [0.1, 0.15) is 40.6 Å². The van der Waals surface area contributed by atoms with Gasteiger partial charge in [-0.25, -0.2) is 0 Å². The molecule has 1 saturated heterocycles. The lowest BCUT2D eigenvalue weighted by Gasteiger charge is -2.33. The molecule has 0 spiro atoms. The number of nitro benzene ring substituents is 1. The molecule has 0 unspecified atom stereocenters. The maximum Gasteiger partial charge on any atom is 0.288 e. The monoisotopic (exact) mass is 383 g/mol. The third kappa shape index (κ3) is 4.43. The van der Waals surface area contributed by atoms with Crippen LogP contribution in [0.15, 0.2) is 42.6 Å². The minimum absolute atomic E-state index is 0.144. The lowest BCUT2D eigenvalue weighted by Crippen LogP contribution is -2.43. The number of rotatable bonds is 4. The number of aromatic nitrogens is 1. The number of anilines is 1. The summed E-state index contributed by atoms with van der Waals surface area (Å²) in [5.41, 5.74) is 5.33. The van der Waals surface area contributed by atoms with E-state index >= 15 is 0 Å². The van der Waals surface area contributed by atoms with Crippen molar-refractivity contribution in [2.45, 2.75) is 19.8 Å². The number of nitro groups is 1. The molecular formula is C19H21N5O4. The largest absolute Gasteiger partial charge is 0.371 e. The van der Waals surface area contributed by atoms with Crippen molar-refractivity contribution in [1.29, 1.82) is 0 Å². The van der Waals surface area contributed by atoms with Crippen LogP contribution in [0, 0.1) is 16.0 Å². The Morgan fingerprint density at radius 1 is 1.14 bits per heavy atom. The van der Waals surface area contributed by atoms with Gasteiger partial charge in [0.15, 0.2) is 0 Å². The molecule has 0 aliphatic carbocycles. The van der Waals surface area contributed by atoms with Crippen LogP contribution in [0.3, 0.4) is 0 Å². The zero-order valence-corrected chi connectivity index (χ0v) is 15.4. The zero-order chi connectivity index (χ0) is 20.1. The van der Waals surface area contributed by atoms with Gasteiger partial charge in [0.25, 0.3) is 17.5 Å². The van der Waals surface area contributed by atoms with Gasteiger partial charge in [-0.2, -0.15) is 0 Å². The second-order valence-corrected chi connectivity index (χ2v) is 6.75. The lowest BCUT2D eigenvalue weighted by atomic mass is 9.98. The molecule has 0 bridgehead atoms. The van der Waals surface area contributed by atoms with E-state index in [2.05, 4.69) is 22.8 Å². The van der Waals surface area contributed by atoms with Crippen LogP contribution in [0.5, 0.6) is 0 Å². The van der Waals surface area contributed by atoms with Gasteiger partial charge >= 0.3 is 0 Å². The molecular weight excluding hydrogens is 362 g/mol. The van der Waals surface area contributed by atoms with E-state index in [0.29, 0.717) is 11.6 Å². The summed E-state index contributed by atoms with van der Waals surface area (Å²) in [7, 11) is 0. The van der Waals surface area contributed by atoms with Gasteiger partial charge < -0.3 is 4.90 Å². The maximum atomic E-state index is 12.7. The van der Waals surface area contributed by atoms with Gasteiger partial charge in [-0.3, -0.25) is 35.5 Å². The van der Waals surface area contributed by atoms with Crippen molar-refractivity contribution in [1.82, 2.24) is 15.8 Å². The van der Waals surface area contributed by atoms with Crippen LogP contribution in [0.2, 0.25) is 0 Å². The number of non-ortho nitro benzene ring substituents is 1. The number of hydrogen-bond acceptors (Lipinski definition) is 6. The predicted molar refractivity (Wildman–Crippen MR) is 103 cm³/mol. The minimum Gasteiger partial charge on any atom is -0.371 e. The first-order valence-corrected chi connectivity index (χ1v) is 9.01. The fraction of sp³-hybridized carbons (Fsp3) is 0.316. The van der Waals surface area contributed by atoms with Crippen LogP contribution in [0.4, 0.5) is 11.4 Å². The molecule has 1 fully saturated rings. The van der Waals surface area contributed by atoms with Crippen molar-refractivity contribution in [2.75, 3.05) is 18.0 Å². The first kappa shape index (κ1) is 19.3. The number of nitrogens with zero attached hydrogens (tertiary/aromatic N) is 3. The van der Waals surface area contributed by atoms with E-state index in [9.17, 15) is 19.7 Å². The molecule has 28 heavy (non-hydrogen) atoms. The number of benzene rings is 1. The highest BCUT2D eigenvalue weighted by Crippen LogP contribution is 2.29. The molecule has 1 aliphatic heterocycles. The average molecular weight is 383 g/mol. The molecule has 0 saturated carbocycles. The van der Waals surface area contributed by atoms with Crippen molar-refractivity contribution in [2.24, 2.45) is 5.92 Å². The molecule has 2 amide bonds. The molecule has 9 nitrogen and oxygen atoms in total. The van der Waals surface area contributed by atoms with Gasteiger partial charge in [0.05, 0.1) is 16.2 Å². The molecule has 0 radical (unpaired) electrons. The Morgan fingerprint density at radius 2 is 1.86 bits per heavy atom. The summed E-state index contributed by atoms with van der Waals surface area (Å²) in [4.78, 5) is 41.3. The molecule has 2 heterocycles. The molecule has 1 aromatic carbocycles. The highest BCUT2D eigenvalue weighted by Gasteiger charge is 2.24. The zero-order valence-electron chi connectivity index (χ0n) is 15.4. The predicted octanol–water partition coefficient (Wildman–Crippen LogP) is 2.30. The van der Waals surface area contributed by atoms with Gasteiger partial charge in [0.2, 0.25) is 0 Å². The molecule has 146 valence electrons. The van der Waals surface area contributed by atoms with Crippen LogP contribution in [-0.2, 0) is 0 Å². The summed E-state index contributed by atoms with van der Waals surface area (Å²) in [6.07, 6.45) is 3.43. The van der Waals surface area contributed by atoms with Crippen molar-refractivity contribution in [3.8, 4) is 0 Å². The number of pyridine rings is 1. The molecule has 2 aromatic rings. The lowest BCUT2D eigenvalue weighted by molar-refractivity contribution is -0.384. The van der Waals surface area contributed by atoms with Gasteiger partial charge in [0, 0.05) is 31.4 Å². The Bertz CT molecular complexity index is 879. The molecule has 2 N–H and O–H groups in total. The van der Waals surface area contributed by atoms with E-state index in [0.717, 1.165) is 25.9 Å². The molecule has 0 atom stereocenters. The number of piperidine rings is 1. The summed E-state index contributed by atoms with van der Waals surface area (Å²) >= 11 is 0. The molecule has 1 aromatic heterocycles. The van der Waals surface area contributed by atoms with Crippen LogP contribution >= 0.6 is 0 Å². The normalized spacial score (nSPS) is 14.4. The highest BCUT2D eigenvalue weighted by atomic mass is 16.6. The van der Waals surface area contributed by atoms with Crippen LogP contribution < -0.4 is 15.8 Å². The Labute approximate surface area is 161 Å². The number of amides is 2. The van der Waals surface area contributed by atoms with Crippen molar-refractivity contribution >= 4 is 23.2 Å². The summed E-state index contributed by atoms with van der Waals surface area (Å²) < 4.78 is 0. The van der Waals surface area contributed by atoms with Gasteiger partial charge in [-0.05, 0) is 37.0 Å². The average Bonchev–Trinajstić information content (AvgIpc) is 2.72. The van der Waals surface area contributed by atoms with Crippen LogP contribution in [-0.4, -0.2) is 34.8 Å². The number of hydrogen-bond donors (Lipinski definition) is 2. The minimum atomic E-state index is -0.624. The van der Waals surface area contributed by atoms with E-state index in [-0.39, 0.29) is 16.9 Å². The first-order chi connectivity index (χ1) is 13.5. The molecule has 9 heteroatoms. The summed E-state index contributed by atoms with van der Waals surface area (Å²) in [5.74, 6) is -0.599. The van der Waals surface area contributed by atoms with E-state index in [1.165, 1.54) is 24.4 Å². The number of nitrogens with one attached hydrogen (secondary N) is 2. The Kier molecular flexibility index (Phi) is 5.83. The fourth-order valence-corrected chi connectivity index (χ4v) is 3.09. The Balaban J connectivity index is 1.79. The van der Waals surface area contributed by atoms with Crippen molar-refractivity contribution in [3.63, 3.8) is 0 Å². The summed E-state index contributed by atoms with van der Waals surface area (Å²) in [6, 6.07) is 9.04. The van der Waals surface area contributed by atoms with Crippen molar-refractivity contribution in [3.05, 3.63) is 64.0 Å². The van der Waals surface area contributed by atoms with Gasteiger partial charge in [0.1, 0.15) is 5.69 Å². The quantitative estimate of drug-likeness (QED) is 0.618. The highest BCUT2D eigenvalue weighted by molar-refractivity contribution is 6.02. The molecule has 3 rings (SSSR count). The maximum absolute atomic E-state index is 12.7. The number of carbonyl (C=O) groups is 2. The second kappa shape index (κ2) is 8.47. The number of carbonyl (C=O) groups excluding carboxylic acids is 2. The van der Waals surface area contributed by atoms with Gasteiger partial charge in [-0.15, -0.1) is 0 Å². The van der Waals surface area contributed by atoms with E-state index < -0.39 is 16.7 Å². The fourth-order valence-electron chi connectivity index (χ4n) is 3.09. The van der Waals surface area contributed by atoms with Crippen LogP contribution in [0.25, 0.3) is 0 Å². The third-order valence-corrected chi connectivity index (χ3v) is 4.75. The smallest absolute Gasteiger partial charge is 0.288 e. The summed E-state index contributed by atoms with van der Waals surface area (Å²) in [6.45, 7) is 3.70. The van der Waals surface area contributed by atoms with E-state index in [4.69, 9.17) is 0 Å². The Hall–Kier alpha value is -3.49. The Morgan fingerprint density at radius 3 is 2.50 bits per heavy atom. The van der Waals surface area contributed by atoms with Gasteiger partial charge in [-0.1, -0.05) is 13.0 Å². The van der Waals surface area contributed by atoms with Crippen molar-refractivity contribution < 1.29 is 14.5 Å². The third-order valence-electron chi connectivity index (χ3n) is 4.75. The van der Waals surface area contributed by atoms with E-state index in [1.807, 2.05) is 4.90 Å². The topological polar surface area (TPSA) is 117 Å². The molecule has 1 aliphatic rings. The number of hydrazine groups is 1. The summed E-state index contributed by atoms with van der Waals surface area (Å²) in [5, 5.41) is 11.1. The van der Waals surface area contributed by atoms with E-state index in [1.54, 1.807) is 18.2 Å². The standard InChI is InChI=1S/C19H21N5O4/c1-13-7-10-23(11-8-13)17-6-5-14(24(27)28)12-15(17)18(25)21-22-19(26)16-4-2-3-9-20-16/h2-6,9,12-13H,7-8,10-11H2,1H3,(H,21,25)(H,22,26). The second-order valence-electron chi connectivity index (χ2n) is 6.75.